The van der Waals surface area contributed by atoms with Gasteiger partial charge in [-0.3, -0.25) is 0 Å². The minimum absolute atomic E-state index is 0.196. The first-order valence-corrected chi connectivity index (χ1v) is 8.60. The van der Waals surface area contributed by atoms with Crippen molar-refractivity contribution in [3.05, 3.63) is 23.6 Å². The van der Waals surface area contributed by atoms with E-state index in [0.29, 0.717) is 24.0 Å². The number of rotatable bonds is 9. The largest absolute Gasteiger partial charge is 0.353 e. The van der Waals surface area contributed by atoms with Crippen LogP contribution in [-0.4, -0.2) is 36.6 Å². The standard InChI is InChI=1S/C15H26FN3S/c1-5-8-17-10-12-7-9-18-15(14(12)16)19(3)13(6-2)11-20-4/h7,9,13,17H,5-6,8,10-11H2,1-4H3. The fourth-order valence-corrected chi connectivity index (χ4v) is 2.97. The molecule has 0 amide bonds. The molecule has 3 nitrogen and oxygen atoms in total. The van der Waals surface area contributed by atoms with Gasteiger partial charge in [0.05, 0.1) is 0 Å². The van der Waals surface area contributed by atoms with Gasteiger partial charge in [0.15, 0.2) is 11.6 Å². The van der Waals surface area contributed by atoms with E-state index < -0.39 is 0 Å². The van der Waals surface area contributed by atoms with Crippen LogP contribution in [0.3, 0.4) is 0 Å². The quantitative estimate of drug-likeness (QED) is 0.708. The number of hydrogen-bond acceptors (Lipinski definition) is 4. The summed E-state index contributed by atoms with van der Waals surface area (Å²) in [6, 6.07) is 2.07. The van der Waals surface area contributed by atoms with E-state index in [0.717, 1.165) is 25.1 Å². The highest BCUT2D eigenvalue weighted by Gasteiger charge is 2.19. The summed E-state index contributed by atoms with van der Waals surface area (Å²) >= 11 is 1.78. The van der Waals surface area contributed by atoms with E-state index in [9.17, 15) is 4.39 Å². The Balaban J connectivity index is 2.86. The summed E-state index contributed by atoms with van der Waals surface area (Å²) in [5.74, 6) is 1.24. The molecule has 0 aliphatic carbocycles. The molecule has 0 spiro atoms. The molecule has 0 radical (unpaired) electrons. The molecule has 1 aromatic heterocycles. The highest BCUT2D eigenvalue weighted by molar-refractivity contribution is 7.98. The van der Waals surface area contributed by atoms with E-state index in [1.807, 2.05) is 11.9 Å². The number of aromatic nitrogens is 1. The lowest BCUT2D eigenvalue weighted by Crippen LogP contribution is -2.34. The Morgan fingerprint density at radius 3 is 2.80 bits per heavy atom. The second-order valence-electron chi connectivity index (χ2n) is 4.91. The molecule has 1 unspecified atom stereocenters. The van der Waals surface area contributed by atoms with E-state index in [2.05, 4.69) is 30.4 Å². The molecule has 1 heterocycles. The van der Waals surface area contributed by atoms with Crippen molar-refractivity contribution in [2.24, 2.45) is 0 Å². The van der Waals surface area contributed by atoms with Crippen molar-refractivity contribution < 1.29 is 4.39 Å². The van der Waals surface area contributed by atoms with Crippen molar-refractivity contribution in [3.63, 3.8) is 0 Å². The molecule has 114 valence electrons. The first-order valence-electron chi connectivity index (χ1n) is 7.21. The lowest BCUT2D eigenvalue weighted by atomic mass is 10.2. The number of thioether (sulfide) groups is 1. The molecule has 0 bridgehead atoms. The SMILES string of the molecule is CCCNCc1ccnc(N(C)C(CC)CSC)c1F. The van der Waals surface area contributed by atoms with Gasteiger partial charge < -0.3 is 10.2 Å². The molecular weight excluding hydrogens is 273 g/mol. The fourth-order valence-electron chi connectivity index (χ4n) is 2.12. The van der Waals surface area contributed by atoms with Crippen molar-refractivity contribution in [2.45, 2.75) is 39.3 Å². The lowest BCUT2D eigenvalue weighted by Gasteiger charge is -2.28. The first kappa shape index (κ1) is 17.2. The van der Waals surface area contributed by atoms with Crippen LogP contribution in [-0.2, 0) is 6.54 Å². The van der Waals surface area contributed by atoms with E-state index >= 15 is 0 Å². The van der Waals surface area contributed by atoms with Crippen LogP contribution in [0.25, 0.3) is 0 Å². The molecular formula is C15H26FN3S. The Hall–Kier alpha value is -0.810. The topological polar surface area (TPSA) is 28.2 Å². The molecule has 5 heteroatoms. The monoisotopic (exact) mass is 299 g/mol. The number of nitrogens with zero attached hydrogens (tertiary/aromatic N) is 2. The number of nitrogens with one attached hydrogen (secondary N) is 1. The molecule has 0 aliphatic rings. The van der Waals surface area contributed by atoms with Gasteiger partial charge in [-0.1, -0.05) is 13.8 Å². The third kappa shape index (κ3) is 4.63. The van der Waals surface area contributed by atoms with E-state index in [1.54, 1.807) is 24.0 Å². The average molecular weight is 299 g/mol. The number of pyridine rings is 1. The van der Waals surface area contributed by atoms with Crippen LogP contribution in [0.5, 0.6) is 0 Å². The van der Waals surface area contributed by atoms with Crippen LogP contribution in [0.2, 0.25) is 0 Å². The number of hydrogen-bond donors (Lipinski definition) is 1. The van der Waals surface area contributed by atoms with Crippen LogP contribution in [0.1, 0.15) is 32.3 Å². The van der Waals surface area contributed by atoms with Crippen molar-refractivity contribution in [1.29, 1.82) is 0 Å². The summed E-state index contributed by atoms with van der Waals surface area (Å²) in [6.07, 6.45) is 5.80. The maximum Gasteiger partial charge on any atom is 0.170 e. The van der Waals surface area contributed by atoms with E-state index in [1.165, 1.54) is 0 Å². The van der Waals surface area contributed by atoms with Gasteiger partial charge in [0.25, 0.3) is 0 Å². The van der Waals surface area contributed by atoms with E-state index in [-0.39, 0.29) is 5.82 Å². The summed E-state index contributed by atoms with van der Waals surface area (Å²) in [7, 11) is 1.93. The predicted molar refractivity (Wildman–Crippen MR) is 87.1 cm³/mol. The van der Waals surface area contributed by atoms with Gasteiger partial charge >= 0.3 is 0 Å². The molecule has 0 aliphatic heterocycles. The molecule has 1 aromatic rings. The Labute approximate surface area is 126 Å². The molecule has 0 aromatic carbocycles. The van der Waals surface area contributed by atoms with Crippen LogP contribution < -0.4 is 10.2 Å². The normalized spacial score (nSPS) is 12.4. The zero-order valence-corrected chi connectivity index (χ0v) is 13.8. The summed E-state index contributed by atoms with van der Waals surface area (Å²) in [5.41, 5.74) is 0.689. The molecule has 0 fully saturated rings. The molecule has 1 N–H and O–H groups in total. The van der Waals surface area contributed by atoms with Gasteiger partial charge in [0.1, 0.15) is 0 Å². The molecule has 0 saturated heterocycles. The highest BCUT2D eigenvalue weighted by atomic mass is 32.2. The second kappa shape index (κ2) is 9.19. The van der Waals surface area contributed by atoms with Gasteiger partial charge in [-0.15, -0.1) is 0 Å². The second-order valence-corrected chi connectivity index (χ2v) is 5.82. The summed E-state index contributed by atoms with van der Waals surface area (Å²) in [4.78, 5) is 6.20. The summed E-state index contributed by atoms with van der Waals surface area (Å²) in [5, 5.41) is 3.24. The van der Waals surface area contributed by atoms with Crippen LogP contribution in [0.15, 0.2) is 12.3 Å². The Bertz CT molecular complexity index is 401. The van der Waals surface area contributed by atoms with E-state index in [4.69, 9.17) is 0 Å². The molecule has 0 saturated carbocycles. The van der Waals surface area contributed by atoms with Gasteiger partial charge in [0.2, 0.25) is 0 Å². The summed E-state index contributed by atoms with van der Waals surface area (Å²) in [6.45, 7) is 5.69. The molecule has 20 heavy (non-hydrogen) atoms. The molecule has 1 rings (SSSR count). The molecule has 1 atom stereocenters. The maximum absolute atomic E-state index is 14.5. The predicted octanol–water partition coefficient (Wildman–Crippen LogP) is 3.30. The number of anilines is 1. The Morgan fingerprint density at radius 1 is 1.45 bits per heavy atom. The van der Waals surface area contributed by atoms with Crippen LogP contribution in [0.4, 0.5) is 10.2 Å². The van der Waals surface area contributed by atoms with Crippen LogP contribution in [0, 0.1) is 5.82 Å². The van der Waals surface area contributed by atoms with Crippen molar-refractivity contribution in [1.82, 2.24) is 10.3 Å². The zero-order chi connectivity index (χ0) is 15.0. The minimum Gasteiger partial charge on any atom is -0.353 e. The van der Waals surface area contributed by atoms with Gasteiger partial charge in [-0.25, -0.2) is 9.37 Å². The zero-order valence-electron chi connectivity index (χ0n) is 12.9. The van der Waals surface area contributed by atoms with Crippen molar-refractivity contribution >= 4 is 17.6 Å². The van der Waals surface area contributed by atoms with Crippen LogP contribution >= 0.6 is 11.8 Å². The minimum atomic E-state index is -0.196. The van der Waals surface area contributed by atoms with Gasteiger partial charge in [0, 0.05) is 37.1 Å². The third-order valence-electron chi connectivity index (χ3n) is 3.41. The van der Waals surface area contributed by atoms with Gasteiger partial charge in [-0.05, 0) is 31.7 Å². The lowest BCUT2D eigenvalue weighted by molar-refractivity contribution is 0.565. The highest BCUT2D eigenvalue weighted by Crippen LogP contribution is 2.22. The number of halogens is 1. The third-order valence-corrected chi connectivity index (χ3v) is 4.12. The Kier molecular flexibility index (Phi) is 7.92. The average Bonchev–Trinajstić information content (AvgIpc) is 2.46. The summed E-state index contributed by atoms with van der Waals surface area (Å²) < 4.78 is 14.5. The van der Waals surface area contributed by atoms with Crippen molar-refractivity contribution in [3.8, 4) is 0 Å². The maximum atomic E-state index is 14.5. The van der Waals surface area contributed by atoms with Crippen molar-refractivity contribution in [2.75, 3.05) is 30.5 Å². The Morgan fingerprint density at radius 2 is 2.20 bits per heavy atom. The fraction of sp³-hybridized carbons (Fsp3) is 0.667. The smallest absolute Gasteiger partial charge is 0.170 e. The first-order chi connectivity index (χ1) is 9.65. The van der Waals surface area contributed by atoms with Gasteiger partial charge in [-0.2, -0.15) is 11.8 Å².